The van der Waals surface area contributed by atoms with Crippen molar-refractivity contribution in [3.8, 4) is 11.5 Å². The lowest BCUT2D eigenvalue weighted by molar-refractivity contribution is -0.258. The molecule has 4 N–H and O–H groups in total. The van der Waals surface area contributed by atoms with Gasteiger partial charge in [-0.25, -0.2) is 4.79 Å². The molecule has 0 radical (unpaired) electrons. The van der Waals surface area contributed by atoms with Crippen molar-refractivity contribution in [3.05, 3.63) is 84.0 Å². The molecule has 64 heavy (non-hydrogen) atoms. The first-order chi connectivity index (χ1) is 31.0. The molecule has 2 amide bonds. The van der Waals surface area contributed by atoms with Crippen molar-refractivity contribution in [2.24, 2.45) is 28.8 Å². The van der Waals surface area contributed by atoms with Crippen molar-refractivity contribution in [2.45, 2.75) is 134 Å². The number of carbonyl (C=O) groups is 2. The number of nitrogens with zero attached hydrogens (tertiary/aromatic N) is 2. The number of amides is 2. The molecular formula is C51H73N3O10. The fraction of sp³-hybridized carbons (Fsp3) is 0.627. The van der Waals surface area contributed by atoms with Gasteiger partial charge in [0.15, 0.2) is 0 Å². The predicted octanol–water partition coefficient (Wildman–Crippen LogP) is 8.22. The van der Waals surface area contributed by atoms with E-state index in [0.29, 0.717) is 48.9 Å². The SMILES string of the molecule is C=CCOC12Oc3ccc(OC(=O)NCc4ccccc4)cc3C3C(CCCCO)C(CCCCO)C=C(C(=NOC(C)(C)C)CC1N(CCOCCO)C(=O)CCC1CCCC1)C32. The standard InChI is InChI=1S/C51H73N3O10/c1-5-29-61-51-45(54(25-30-60-31-28-57)46(58)24-21-36-15-9-10-16-36)34-43(53-64-50(2,3)4)41-32-38(19-11-13-26-55)40(20-12-14-27-56)47(48(41)51)42-33-39(22-23-44(42)63-51)62-49(59)52-35-37-17-7-6-8-18-37/h5-8,17-18,22-23,32-33,36,38,40,45,47-48,55-57H,1,9-16,19-21,24-31,34-35H2,2-4H3,(H,52,59). The van der Waals surface area contributed by atoms with E-state index in [0.717, 1.165) is 61.6 Å². The molecular weight excluding hydrogens is 815 g/mol. The fourth-order valence-electron chi connectivity index (χ4n) is 10.4. The zero-order valence-corrected chi connectivity index (χ0v) is 38.4. The first-order valence-electron chi connectivity index (χ1n) is 23.8. The predicted molar refractivity (Wildman–Crippen MR) is 246 cm³/mol. The maximum atomic E-state index is 14.9. The highest BCUT2D eigenvalue weighted by atomic mass is 16.7. The highest BCUT2D eigenvalue weighted by molar-refractivity contribution is 6.03. The van der Waals surface area contributed by atoms with E-state index in [1.54, 1.807) is 12.1 Å². The third-order valence-corrected chi connectivity index (χ3v) is 13.2. The molecule has 13 heteroatoms. The van der Waals surface area contributed by atoms with Crippen LogP contribution in [0.3, 0.4) is 0 Å². The summed E-state index contributed by atoms with van der Waals surface area (Å²) in [6.45, 7) is 11.0. The second-order valence-electron chi connectivity index (χ2n) is 18.8. The maximum absolute atomic E-state index is 14.9. The van der Waals surface area contributed by atoms with E-state index >= 15 is 0 Å². The lowest BCUT2D eigenvalue weighted by atomic mass is 9.55. The monoisotopic (exact) mass is 888 g/mol. The van der Waals surface area contributed by atoms with Crippen LogP contribution in [-0.2, 0) is 25.7 Å². The lowest BCUT2D eigenvalue weighted by Gasteiger charge is -2.60. The smallest absolute Gasteiger partial charge is 0.412 e. The van der Waals surface area contributed by atoms with Gasteiger partial charge in [-0.1, -0.05) is 86.2 Å². The van der Waals surface area contributed by atoms with Gasteiger partial charge in [0.1, 0.15) is 23.1 Å². The molecule has 3 aliphatic carbocycles. The number of aliphatic hydroxyl groups is 3. The molecule has 2 saturated carbocycles. The van der Waals surface area contributed by atoms with Gasteiger partial charge in [-0.2, -0.15) is 0 Å². The van der Waals surface area contributed by atoms with Gasteiger partial charge in [0.2, 0.25) is 11.7 Å². The van der Waals surface area contributed by atoms with Crippen molar-refractivity contribution in [2.75, 3.05) is 46.2 Å². The van der Waals surface area contributed by atoms with Gasteiger partial charge in [0.05, 0.1) is 38.1 Å². The van der Waals surface area contributed by atoms with Crippen molar-refractivity contribution in [1.82, 2.24) is 10.2 Å². The van der Waals surface area contributed by atoms with E-state index in [2.05, 4.69) is 18.0 Å². The Kier molecular flexibility index (Phi) is 18.3. The summed E-state index contributed by atoms with van der Waals surface area (Å²) < 4.78 is 26.3. The summed E-state index contributed by atoms with van der Waals surface area (Å²) in [6, 6.07) is 14.4. The molecule has 0 aromatic heterocycles. The number of hydrogen-bond acceptors (Lipinski definition) is 11. The van der Waals surface area contributed by atoms with Crippen LogP contribution in [0, 0.1) is 23.7 Å². The number of aliphatic hydroxyl groups excluding tert-OH is 3. The van der Waals surface area contributed by atoms with Crippen molar-refractivity contribution < 1.29 is 48.7 Å². The Morgan fingerprint density at radius 1 is 0.969 bits per heavy atom. The van der Waals surface area contributed by atoms with Gasteiger partial charge >= 0.3 is 6.09 Å². The molecule has 0 saturated heterocycles. The van der Waals surface area contributed by atoms with Gasteiger partial charge < -0.3 is 49.3 Å². The number of carbonyl (C=O) groups excluding carboxylic acids is 2. The molecule has 6 rings (SSSR count). The molecule has 2 fully saturated rings. The normalized spacial score (nSPS) is 24.6. The van der Waals surface area contributed by atoms with E-state index in [-0.39, 0.29) is 76.3 Å². The molecule has 2 aromatic rings. The zero-order valence-electron chi connectivity index (χ0n) is 38.4. The Labute approximate surface area is 380 Å². The van der Waals surface area contributed by atoms with Crippen LogP contribution < -0.4 is 14.8 Å². The molecule has 6 atom stereocenters. The van der Waals surface area contributed by atoms with Gasteiger partial charge in [-0.05, 0) is 100.0 Å². The average molecular weight is 888 g/mol. The number of rotatable bonds is 24. The van der Waals surface area contributed by atoms with Gasteiger partial charge in [0, 0.05) is 50.6 Å². The third kappa shape index (κ3) is 12.5. The fourth-order valence-corrected chi connectivity index (χ4v) is 10.4. The van der Waals surface area contributed by atoms with E-state index < -0.39 is 29.4 Å². The minimum Gasteiger partial charge on any atom is -0.459 e. The topological polar surface area (TPSA) is 169 Å². The number of fused-ring (bicyclic) bond motifs is 2. The third-order valence-electron chi connectivity index (χ3n) is 13.2. The summed E-state index contributed by atoms with van der Waals surface area (Å²) in [5.41, 5.74) is 2.81. The molecule has 0 spiro atoms. The molecule has 1 aliphatic heterocycles. The highest BCUT2D eigenvalue weighted by Crippen LogP contribution is 2.62. The lowest BCUT2D eigenvalue weighted by Crippen LogP contribution is -2.70. The summed E-state index contributed by atoms with van der Waals surface area (Å²) in [7, 11) is 0. The Balaban J connectivity index is 1.52. The molecule has 2 aromatic carbocycles. The second kappa shape index (κ2) is 23.8. The largest absolute Gasteiger partial charge is 0.459 e. The number of nitrogens with one attached hydrogen (secondary N) is 1. The first-order valence-corrected chi connectivity index (χ1v) is 23.8. The van der Waals surface area contributed by atoms with E-state index in [9.17, 15) is 24.9 Å². The molecule has 13 nitrogen and oxygen atoms in total. The van der Waals surface area contributed by atoms with Crippen LogP contribution >= 0.6 is 0 Å². The second-order valence-corrected chi connectivity index (χ2v) is 18.8. The summed E-state index contributed by atoms with van der Waals surface area (Å²) in [5.74, 6) is -0.796. The van der Waals surface area contributed by atoms with Crippen LogP contribution in [0.2, 0.25) is 0 Å². The van der Waals surface area contributed by atoms with Crippen molar-refractivity contribution >= 4 is 17.7 Å². The van der Waals surface area contributed by atoms with Crippen LogP contribution in [-0.4, -0.2) is 102 Å². The van der Waals surface area contributed by atoms with Gasteiger partial charge in [-0.15, -0.1) is 6.58 Å². The van der Waals surface area contributed by atoms with Crippen LogP contribution in [0.25, 0.3) is 0 Å². The number of ether oxygens (including phenoxy) is 4. The van der Waals surface area contributed by atoms with Crippen LogP contribution in [0.1, 0.15) is 121 Å². The van der Waals surface area contributed by atoms with Gasteiger partial charge in [-0.3, -0.25) is 4.79 Å². The Bertz CT molecular complexity index is 1870. The summed E-state index contributed by atoms with van der Waals surface area (Å²) >= 11 is 0. The van der Waals surface area contributed by atoms with E-state index in [1.807, 2.05) is 68.1 Å². The Hall–Kier alpha value is -4.27. The number of oxime groups is 1. The average Bonchev–Trinajstić information content (AvgIpc) is 3.82. The first kappa shape index (κ1) is 49.2. The molecule has 352 valence electrons. The summed E-state index contributed by atoms with van der Waals surface area (Å²) in [6.07, 6.45) is 13.9. The molecule has 4 aliphatic rings. The van der Waals surface area contributed by atoms with Crippen LogP contribution in [0.4, 0.5) is 4.79 Å². The highest BCUT2D eigenvalue weighted by Gasteiger charge is 2.65. The zero-order chi connectivity index (χ0) is 45.5. The number of unbranched alkanes of at least 4 members (excludes halogenated alkanes) is 2. The van der Waals surface area contributed by atoms with Crippen LogP contribution in [0.5, 0.6) is 11.5 Å². The molecule has 1 heterocycles. The number of allylic oxidation sites excluding steroid dienone is 1. The minimum absolute atomic E-state index is 0.00144. The maximum Gasteiger partial charge on any atom is 0.412 e. The number of benzene rings is 2. The minimum atomic E-state index is -1.43. The quantitative estimate of drug-likeness (QED) is 0.0458. The molecule has 0 bridgehead atoms. The number of hydrogen-bond donors (Lipinski definition) is 4. The summed E-state index contributed by atoms with van der Waals surface area (Å²) in [5, 5.41) is 37.4. The van der Waals surface area contributed by atoms with E-state index in [4.69, 9.17) is 28.9 Å². The summed E-state index contributed by atoms with van der Waals surface area (Å²) in [4.78, 5) is 36.4. The van der Waals surface area contributed by atoms with Crippen LogP contribution in [0.15, 0.2) is 78.0 Å². The van der Waals surface area contributed by atoms with Crippen molar-refractivity contribution in [3.63, 3.8) is 0 Å². The molecule has 6 unspecified atom stereocenters. The Morgan fingerprint density at radius 3 is 2.42 bits per heavy atom. The van der Waals surface area contributed by atoms with Crippen molar-refractivity contribution in [1.29, 1.82) is 0 Å². The van der Waals surface area contributed by atoms with Gasteiger partial charge in [0.25, 0.3) is 0 Å². The van der Waals surface area contributed by atoms with E-state index in [1.165, 1.54) is 12.8 Å². The Morgan fingerprint density at radius 2 is 1.72 bits per heavy atom.